The van der Waals surface area contributed by atoms with Crippen molar-refractivity contribution in [2.75, 3.05) is 20.1 Å². The van der Waals surface area contributed by atoms with Gasteiger partial charge in [0.1, 0.15) is 0 Å². The molecule has 0 aromatic heterocycles. The van der Waals surface area contributed by atoms with Crippen LogP contribution in [0.25, 0.3) is 0 Å². The van der Waals surface area contributed by atoms with Crippen LogP contribution in [0.2, 0.25) is 0 Å². The quantitative estimate of drug-likeness (QED) is 0.837. The van der Waals surface area contributed by atoms with E-state index in [4.69, 9.17) is 10.5 Å². The third kappa shape index (κ3) is 3.06. The Hall–Kier alpha value is -0.120. The maximum absolute atomic E-state index is 6.14. The zero-order valence-corrected chi connectivity index (χ0v) is 12.3. The molecule has 1 heterocycles. The van der Waals surface area contributed by atoms with Crippen molar-refractivity contribution in [3.8, 4) is 0 Å². The maximum Gasteiger partial charge on any atom is 0.0568 e. The van der Waals surface area contributed by atoms with Crippen molar-refractivity contribution in [3.05, 3.63) is 0 Å². The van der Waals surface area contributed by atoms with Crippen molar-refractivity contribution >= 4 is 0 Å². The molecule has 106 valence electrons. The summed E-state index contributed by atoms with van der Waals surface area (Å²) in [5.41, 5.74) is 6.31. The van der Waals surface area contributed by atoms with Gasteiger partial charge in [0.15, 0.2) is 0 Å². The van der Waals surface area contributed by atoms with Crippen LogP contribution in [0.5, 0.6) is 0 Å². The number of rotatable bonds is 4. The average Bonchev–Trinajstić information content (AvgIpc) is 2.80. The van der Waals surface area contributed by atoms with E-state index in [0.717, 1.165) is 25.3 Å². The average molecular weight is 254 g/mol. The summed E-state index contributed by atoms with van der Waals surface area (Å²) in [4.78, 5) is 2.55. The zero-order chi connectivity index (χ0) is 13.2. The first-order valence-electron chi connectivity index (χ1n) is 7.62. The summed E-state index contributed by atoms with van der Waals surface area (Å²) in [6.07, 6.45) is 8.49. The van der Waals surface area contributed by atoms with Crippen LogP contribution in [-0.2, 0) is 4.74 Å². The molecule has 2 N–H and O–H groups in total. The van der Waals surface area contributed by atoms with Gasteiger partial charge in [-0.1, -0.05) is 12.8 Å². The van der Waals surface area contributed by atoms with Crippen LogP contribution in [0.1, 0.15) is 52.4 Å². The summed E-state index contributed by atoms with van der Waals surface area (Å²) in [5.74, 6) is 0.895. The molecule has 0 bridgehead atoms. The predicted molar refractivity (Wildman–Crippen MR) is 75.6 cm³/mol. The Labute approximate surface area is 112 Å². The standard InChI is InChI=1S/C15H30N2O/c1-12-8-15(11-16,9-13(2)18-12)17(3)10-14-6-4-5-7-14/h12-14H,4-11,16H2,1-3H3. The van der Waals surface area contributed by atoms with Gasteiger partial charge in [0.25, 0.3) is 0 Å². The van der Waals surface area contributed by atoms with Crippen LogP contribution < -0.4 is 5.73 Å². The SMILES string of the molecule is CC1CC(CN)(N(C)CC2CCCC2)CC(C)O1. The minimum atomic E-state index is 0.166. The van der Waals surface area contributed by atoms with Crippen molar-refractivity contribution < 1.29 is 4.74 Å². The van der Waals surface area contributed by atoms with E-state index < -0.39 is 0 Å². The lowest BCUT2D eigenvalue weighted by Gasteiger charge is -2.48. The van der Waals surface area contributed by atoms with E-state index >= 15 is 0 Å². The number of nitrogens with two attached hydrogens (primary N) is 1. The van der Waals surface area contributed by atoms with Crippen LogP contribution >= 0.6 is 0 Å². The van der Waals surface area contributed by atoms with Crippen molar-refractivity contribution in [3.63, 3.8) is 0 Å². The minimum Gasteiger partial charge on any atom is -0.375 e. The van der Waals surface area contributed by atoms with Gasteiger partial charge in [0.05, 0.1) is 12.2 Å². The molecule has 2 fully saturated rings. The van der Waals surface area contributed by atoms with Crippen LogP contribution in [0, 0.1) is 5.92 Å². The molecule has 0 spiro atoms. The third-order valence-electron chi connectivity index (χ3n) is 5.00. The van der Waals surface area contributed by atoms with E-state index in [1.807, 2.05) is 0 Å². The number of hydrogen-bond donors (Lipinski definition) is 1. The Bertz CT molecular complexity index is 253. The molecule has 1 saturated heterocycles. The summed E-state index contributed by atoms with van der Waals surface area (Å²) in [6.45, 7) is 6.35. The molecule has 18 heavy (non-hydrogen) atoms. The second-order valence-electron chi connectivity index (χ2n) is 6.63. The van der Waals surface area contributed by atoms with Gasteiger partial charge in [-0.25, -0.2) is 0 Å². The first-order chi connectivity index (χ1) is 8.55. The van der Waals surface area contributed by atoms with Crippen molar-refractivity contribution in [2.24, 2.45) is 11.7 Å². The highest BCUT2D eigenvalue weighted by Gasteiger charge is 2.41. The Morgan fingerprint density at radius 1 is 1.17 bits per heavy atom. The Balaban J connectivity index is 2.00. The number of hydrogen-bond acceptors (Lipinski definition) is 3. The van der Waals surface area contributed by atoms with Gasteiger partial charge in [-0.3, -0.25) is 4.90 Å². The van der Waals surface area contributed by atoms with Gasteiger partial charge >= 0.3 is 0 Å². The smallest absolute Gasteiger partial charge is 0.0568 e. The van der Waals surface area contributed by atoms with E-state index in [0.29, 0.717) is 12.2 Å². The van der Waals surface area contributed by atoms with Crippen LogP contribution in [0.15, 0.2) is 0 Å². The molecule has 0 aromatic rings. The Morgan fingerprint density at radius 2 is 1.72 bits per heavy atom. The maximum atomic E-state index is 6.14. The number of likely N-dealkylation sites (N-methyl/N-ethyl adjacent to an activating group) is 1. The summed E-state index contributed by atoms with van der Waals surface area (Å²) in [6, 6.07) is 0. The Morgan fingerprint density at radius 3 is 2.22 bits per heavy atom. The summed E-state index contributed by atoms with van der Waals surface area (Å²) in [7, 11) is 2.27. The van der Waals surface area contributed by atoms with E-state index in [-0.39, 0.29) is 5.54 Å². The molecule has 2 rings (SSSR count). The molecule has 0 amide bonds. The van der Waals surface area contributed by atoms with Gasteiger partial charge in [-0.15, -0.1) is 0 Å². The molecule has 3 nitrogen and oxygen atoms in total. The highest BCUT2D eigenvalue weighted by molar-refractivity contribution is 4.97. The first kappa shape index (κ1) is 14.3. The minimum absolute atomic E-state index is 0.166. The van der Waals surface area contributed by atoms with Crippen molar-refractivity contribution in [1.29, 1.82) is 0 Å². The highest BCUT2D eigenvalue weighted by atomic mass is 16.5. The zero-order valence-electron chi connectivity index (χ0n) is 12.3. The molecule has 2 atom stereocenters. The monoisotopic (exact) mass is 254 g/mol. The fraction of sp³-hybridized carbons (Fsp3) is 1.00. The topological polar surface area (TPSA) is 38.5 Å². The van der Waals surface area contributed by atoms with E-state index in [1.165, 1.54) is 32.2 Å². The van der Waals surface area contributed by atoms with Gasteiger partial charge < -0.3 is 10.5 Å². The summed E-state index contributed by atoms with van der Waals surface area (Å²) in [5, 5.41) is 0. The molecule has 2 unspecified atom stereocenters. The normalized spacial score (nSPS) is 38.5. The summed E-state index contributed by atoms with van der Waals surface area (Å²) >= 11 is 0. The van der Waals surface area contributed by atoms with Gasteiger partial charge in [0, 0.05) is 18.6 Å². The lowest BCUT2D eigenvalue weighted by Crippen LogP contribution is -2.59. The van der Waals surface area contributed by atoms with E-state index in [1.54, 1.807) is 0 Å². The van der Waals surface area contributed by atoms with Crippen LogP contribution in [0.4, 0.5) is 0 Å². The highest BCUT2D eigenvalue weighted by Crippen LogP contribution is 2.35. The van der Waals surface area contributed by atoms with Gasteiger partial charge in [-0.2, -0.15) is 0 Å². The van der Waals surface area contributed by atoms with Crippen molar-refractivity contribution in [1.82, 2.24) is 4.90 Å². The fourth-order valence-electron chi connectivity index (χ4n) is 4.05. The predicted octanol–water partition coefficient (Wildman–Crippen LogP) is 2.39. The second kappa shape index (κ2) is 5.89. The molecule has 1 saturated carbocycles. The molecule has 1 aliphatic carbocycles. The van der Waals surface area contributed by atoms with E-state index in [9.17, 15) is 0 Å². The Kier molecular flexibility index (Phi) is 4.68. The van der Waals surface area contributed by atoms with Crippen molar-refractivity contribution in [2.45, 2.75) is 70.1 Å². The second-order valence-corrected chi connectivity index (χ2v) is 6.63. The third-order valence-corrected chi connectivity index (χ3v) is 5.00. The fourth-order valence-corrected chi connectivity index (χ4v) is 4.05. The largest absolute Gasteiger partial charge is 0.375 e. The lowest BCUT2D eigenvalue weighted by atomic mass is 9.82. The molecule has 0 aromatic carbocycles. The van der Waals surface area contributed by atoms with Gasteiger partial charge in [-0.05, 0) is 52.5 Å². The lowest BCUT2D eigenvalue weighted by molar-refractivity contribution is -0.0997. The molecule has 2 aliphatic rings. The number of ether oxygens (including phenoxy) is 1. The molecular weight excluding hydrogens is 224 g/mol. The van der Waals surface area contributed by atoms with Gasteiger partial charge in [0.2, 0.25) is 0 Å². The summed E-state index contributed by atoms with van der Waals surface area (Å²) < 4.78 is 5.88. The molecular formula is C15H30N2O. The van der Waals surface area contributed by atoms with E-state index in [2.05, 4.69) is 25.8 Å². The molecule has 3 heteroatoms. The van der Waals surface area contributed by atoms with Crippen LogP contribution in [-0.4, -0.2) is 42.8 Å². The molecule has 1 aliphatic heterocycles. The molecule has 0 radical (unpaired) electrons. The number of nitrogens with zero attached hydrogens (tertiary/aromatic N) is 1. The van der Waals surface area contributed by atoms with Crippen LogP contribution in [0.3, 0.4) is 0 Å². The first-order valence-corrected chi connectivity index (χ1v) is 7.62.